The third-order valence-corrected chi connectivity index (χ3v) is 20.6. The highest BCUT2D eigenvalue weighted by Gasteiger charge is 2.33. The highest BCUT2D eigenvalue weighted by molar-refractivity contribution is 5.81. The average Bonchev–Trinajstić information content (AvgIpc) is 1.63. The van der Waals surface area contributed by atoms with E-state index in [1.165, 1.54) is 75.9 Å². The molecule has 111 heavy (non-hydrogen) atoms. The molecule has 8 aliphatic rings. The first-order chi connectivity index (χ1) is 54.8. The number of ether oxygens (including phenoxy) is 1. The van der Waals surface area contributed by atoms with Gasteiger partial charge in [0.15, 0.2) is 16.9 Å². The van der Waals surface area contributed by atoms with Crippen LogP contribution in [0.1, 0.15) is 240 Å². The van der Waals surface area contributed by atoms with E-state index in [4.69, 9.17) is 24.8 Å². The molecule has 7 aliphatic carbocycles. The molecule has 8 aromatic heterocycles. The number of benzene rings is 3. The van der Waals surface area contributed by atoms with E-state index in [1.807, 2.05) is 183 Å². The van der Waals surface area contributed by atoms with Gasteiger partial charge in [-0.3, -0.25) is 9.78 Å². The van der Waals surface area contributed by atoms with E-state index >= 15 is 0 Å². The minimum Gasteiger partial charge on any atom is -0.378 e. The summed E-state index contributed by atoms with van der Waals surface area (Å²) in [5.41, 5.74) is 27.1. The summed E-state index contributed by atoms with van der Waals surface area (Å²) in [5.74, 6) is 3.99. The quantitative estimate of drug-likeness (QED) is 0.125. The molecule has 11 aromatic rings. The summed E-state index contributed by atoms with van der Waals surface area (Å²) in [5, 5.41) is 25.4. The summed E-state index contributed by atoms with van der Waals surface area (Å²) < 4.78 is 12.9. The molecule has 0 bridgehead atoms. The maximum atomic E-state index is 12.1. The number of anilines is 4. The normalized spacial score (nSPS) is 16.7. The number of aromatic nitrogens is 11. The molecular formula is C94H129N15O2. The second kappa shape index (κ2) is 44.1. The Hall–Kier alpha value is -10.0. The Morgan fingerprint density at radius 1 is 0.441 bits per heavy atom. The fraction of sp³-hybridized carbons (Fsp3) is 0.447. The van der Waals surface area contributed by atoms with Crippen LogP contribution >= 0.6 is 0 Å². The van der Waals surface area contributed by atoms with E-state index in [1.54, 1.807) is 57.9 Å². The summed E-state index contributed by atoms with van der Waals surface area (Å²) >= 11 is 0. The van der Waals surface area contributed by atoms with E-state index in [0.717, 1.165) is 166 Å². The van der Waals surface area contributed by atoms with Crippen LogP contribution in [-0.2, 0) is 43.9 Å². The SMILES string of the molecule is CC.CC.CC.CC.CC.CC.CC.CC.CC.Cn1ccc(-c2cc(NC3CCC4=C(C3)c3ccccc3C4)n3nccc3n2)cc1=O.c1ccc2c(c1)CC1=C2CC(Nc2cc(N3CCOCC3)nc3ccnn23)CC1.c1cncc(-c2cc(NC3CCC4=C(C3)c3ccccc3C4)n3nc4c(c3n2)CCCC4)c1. The zero-order valence-electron chi connectivity index (χ0n) is 70.6. The largest absolute Gasteiger partial charge is 0.378 e. The lowest BCUT2D eigenvalue weighted by Crippen LogP contribution is -2.37. The van der Waals surface area contributed by atoms with Crippen LogP contribution in [-0.4, -0.2) is 97.8 Å². The van der Waals surface area contributed by atoms with Crippen molar-refractivity contribution in [3.05, 3.63) is 230 Å². The van der Waals surface area contributed by atoms with Crippen LogP contribution in [0.2, 0.25) is 0 Å². The van der Waals surface area contributed by atoms with Gasteiger partial charge in [-0.25, -0.2) is 15.0 Å². The molecule has 0 radical (unpaired) electrons. The van der Waals surface area contributed by atoms with Crippen molar-refractivity contribution in [3.63, 3.8) is 0 Å². The number of fused-ring (bicyclic) bond motifs is 11. The fourth-order valence-electron chi connectivity index (χ4n) is 15.8. The average molecular weight is 1500 g/mol. The first kappa shape index (κ1) is 86.6. The van der Waals surface area contributed by atoms with Crippen molar-refractivity contribution in [3.8, 4) is 22.5 Å². The molecule has 3 unspecified atom stereocenters. The van der Waals surface area contributed by atoms with Crippen molar-refractivity contribution < 1.29 is 4.74 Å². The van der Waals surface area contributed by atoms with Crippen LogP contribution in [0.4, 0.5) is 23.3 Å². The van der Waals surface area contributed by atoms with Crippen LogP contribution in [0.25, 0.3) is 56.2 Å². The number of hydrogen-bond acceptors (Lipinski definition) is 13. The Bertz CT molecular complexity index is 4870. The lowest BCUT2D eigenvalue weighted by Gasteiger charge is -2.29. The maximum Gasteiger partial charge on any atom is 0.250 e. The molecule has 0 saturated carbocycles. The van der Waals surface area contributed by atoms with Gasteiger partial charge in [-0.05, 0) is 171 Å². The second-order valence-electron chi connectivity index (χ2n) is 26.3. The molecule has 592 valence electrons. The Balaban J connectivity index is 0.000000190. The number of morpholine rings is 1. The molecule has 3 atom stereocenters. The van der Waals surface area contributed by atoms with Crippen molar-refractivity contribution in [1.82, 2.24) is 53.3 Å². The first-order valence-electron chi connectivity index (χ1n) is 42.5. The number of rotatable bonds is 9. The van der Waals surface area contributed by atoms with Crippen molar-refractivity contribution in [2.45, 2.75) is 245 Å². The summed E-state index contributed by atoms with van der Waals surface area (Å²) in [7, 11) is 1.75. The minimum atomic E-state index is -0.0474. The van der Waals surface area contributed by atoms with Crippen LogP contribution in [0.3, 0.4) is 0 Å². The summed E-state index contributed by atoms with van der Waals surface area (Å²) in [6.07, 6.45) is 27.0. The van der Waals surface area contributed by atoms with Crippen molar-refractivity contribution in [1.29, 1.82) is 0 Å². The lowest BCUT2D eigenvalue weighted by molar-refractivity contribution is 0.122. The zero-order chi connectivity index (χ0) is 79.9. The lowest BCUT2D eigenvalue weighted by atomic mass is 9.88. The number of nitrogens with one attached hydrogen (secondary N) is 3. The van der Waals surface area contributed by atoms with Crippen LogP contribution < -0.4 is 26.4 Å². The molecule has 0 amide bonds. The molecule has 0 spiro atoms. The number of aryl methyl sites for hydroxylation is 3. The van der Waals surface area contributed by atoms with E-state index < -0.39 is 0 Å². The van der Waals surface area contributed by atoms with Crippen molar-refractivity contribution >= 4 is 56.9 Å². The van der Waals surface area contributed by atoms with E-state index in [2.05, 4.69) is 132 Å². The number of allylic oxidation sites excluding steroid dienone is 3. The first-order valence-corrected chi connectivity index (χ1v) is 42.5. The maximum absolute atomic E-state index is 12.1. The standard InChI is InChI=1S/C28H27N5.C25H23N5O.C23H25N5O.9C2H6/c1-2-8-22-18(6-1)14-19-11-12-21(15-24(19)22)30-27-16-26(20-7-5-13-29-17-20)31-28-23-9-3-4-10-25(23)32-33(27)28;1-29-11-9-18(13-25(29)31)22-15-24(30-23(28-22)8-10-26-30)27-19-7-6-17-12-16-4-2-3-5-20(16)21(17)14-19;1-2-4-19-16(3-1)13-17-5-6-18(14-20(17)19)25-23-15-22(27-9-11-29-12-10-27)26-21-7-8-24-28(21)23;9*1-2/h1-2,5-8,13,16-17,21,30H,3-4,9-12,14-15H2;2-5,8-11,13,15,19,27H,6-7,12,14H2,1H3;1-4,7-8,15,18,25H,5-6,9-14H2;9*1-2H3. The molecule has 1 aliphatic heterocycles. The number of pyridine rings is 2. The third-order valence-electron chi connectivity index (χ3n) is 20.6. The molecular weight excluding hydrogens is 1370 g/mol. The highest BCUT2D eigenvalue weighted by Crippen LogP contribution is 2.46. The van der Waals surface area contributed by atoms with Crippen molar-refractivity contribution in [2.75, 3.05) is 47.2 Å². The predicted octanol–water partition coefficient (Wildman–Crippen LogP) is 22.5. The van der Waals surface area contributed by atoms with Gasteiger partial charge >= 0.3 is 0 Å². The number of nitrogens with zero attached hydrogens (tertiary/aromatic N) is 12. The smallest absolute Gasteiger partial charge is 0.250 e. The molecule has 1 fully saturated rings. The second-order valence-corrected chi connectivity index (χ2v) is 26.3. The Morgan fingerprint density at radius 3 is 1.37 bits per heavy atom. The van der Waals surface area contributed by atoms with Crippen LogP contribution in [0.15, 0.2) is 180 Å². The third kappa shape index (κ3) is 20.2. The molecule has 1 saturated heterocycles. The zero-order valence-corrected chi connectivity index (χ0v) is 70.6. The predicted molar refractivity (Wildman–Crippen MR) is 470 cm³/mol. The van der Waals surface area contributed by atoms with Gasteiger partial charge in [-0.2, -0.15) is 28.8 Å². The van der Waals surface area contributed by atoms with Gasteiger partial charge in [-0.15, -0.1) is 0 Å². The molecule has 17 heteroatoms. The van der Waals surface area contributed by atoms with Gasteiger partial charge in [-0.1, -0.05) is 214 Å². The van der Waals surface area contributed by atoms with Gasteiger partial charge in [0.1, 0.15) is 23.3 Å². The summed E-state index contributed by atoms with van der Waals surface area (Å²) in [6.45, 7) is 39.3. The monoisotopic (exact) mass is 1500 g/mol. The Morgan fingerprint density at radius 2 is 0.892 bits per heavy atom. The highest BCUT2D eigenvalue weighted by atomic mass is 16.5. The van der Waals surface area contributed by atoms with Gasteiger partial charge in [0.25, 0.3) is 5.56 Å². The van der Waals surface area contributed by atoms with Gasteiger partial charge in [0, 0.05) is 110 Å². The Labute approximate surface area is 663 Å². The summed E-state index contributed by atoms with van der Waals surface area (Å²) in [6, 6.07) is 45.5. The van der Waals surface area contributed by atoms with Crippen molar-refractivity contribution in [2.24, 2.45) is 7.05 Å². The Kier molecular flexibility index (Phi) is 34.4. The molecule has 9 heterocycles. The van der Waals surface area contributed by atoms with Gasteiger partial charge in [0.05, 0.1) is 42.7 Å². The van der Waals surface area contributed by atoms with E-state index in [0.29, 0.717) is 18.1 Å². The molecule has 17 nitrogen and oxygen atoms in total. The molecule has 3 aromatic carbocycles. The fourth-order valence-corrected chi connectivity index (χ4v) is 15.8. The minimum absolute atomic E-state index is 0.0474. The van der Waals surface area contributed by atoms with Gasteiger partial charge < -0.3 is 30.2 Å². The van der Waals surface area contributed by atoms with Crippen LogP contribution in [0.5, 0.6) is 0 Å². The van der Waals surface area contributed by atoms with Crippen LogP contribution in [0, 0.1) is 0 Å². The summed E-state index contributed by atoms with van der Waals surface area (Å²) in [4.78, 5) is 33.4. The van der Waals surface area contributed by atoms with E-state index in [9.17, 15) is 4.79 Å². The molecule has 3 N–H and O–H groups in total. The molecule has 19 rings (SSSR count). The topological polar surface area (TPSA) is 174 Å². The van der Waals surface area contributed by atoms with Gasteiger partial charge in [0.2, 0.25) is 0 Å². The number of hydrogen-bond donors (Lipinski definition) is 3. The van der Waals surface area contributed by atoms with E-state index in [-0.39, 0.29) is 5.56 Å².